The average molecular weight is 403 g/mol. The maximum absolute atomic E-state index is 12.2. The third-order valence-electron chi connectivity index (χ3n) is 3.70. The van der Waals surface area contributed by atoms with Crippen LogP contribution in [0.2, 0.25) is 10.0 Å². The number of benzene rings is 2. The number of hydrogen-bond acceptors (Lipinski definition) is 3. The number of nitrogens with one attached hydrogen (secondary N) is 2. The van der Waals surface area contributed by atoms with Crippen LogP contribution in [0.4, 0.5) is 11.4 Å². The molecular formula is C20H16Cl2N2O3. The molecule has 2 amide bonds. The van der Waals surface area contributed by atoms with E-state index in [1.54, 1.807) is 36.4 Å². The molecule has 7 heteroatoms. The van der Waals surface area contributed by atoms with E-state index < -0.39 is 0 Å². The Morgan fingerprint density at radius 3 is 2.67 bits per heavy atom. The van der Waals surface area contributed by atoms with Crippen LogP contribution in [0.15, 0.2) is 54.1 Å². The molecule has 0 saturated carbocycles. The van der Waals surface area contributed by atoms with Gasteiger partial charge in [0.25, 0.3) is 0 Å². The SMILES string of the molecule is CC(=O)Nc1ccc(NC(=O)/C=C/C2=Cc3cc(Cl)ccc3OC2)c(Cl)c1. The largest absolute Gasteiger partial charge is 0.488 e. The molecule has 138 valence electrons. The minimum absolute atomic E-state index is 0.198. The van der Waals surface area contributed by atoms with Gasteiger partial charge in [0, 0.05) is 29.3 Å². The number of halogens is 2. The highest BCUT2D eigenvalue weighted by molar-refractivity contribution is 6.34. The van der Waals surface area contributed by atoms with Crippen LogP contribution in [0.1, 0.15) is 12.5 Å². The highest BCUT2D eigenvalue weighted by atomic mass is 35.5. The molecule has 0 saturated heterocycles. The predicted molar refractivity (Wildman–Crippen MR) is 108 cm³/mol. The lowest BCUT2D eigenvalue weighted by Gasteiger charge is -2.16. The Labute approximate surface area is 166 Å². The van der Waals surface area contributed by atoms with Gasteiger partial charge < -0.3 is 15.4 Å². The zero-order valence-corrected chi connectivity index (χ0v) is 15.9. The van der Waals surface area contributed by atoms with Crippen LogP contribution in [0.5, 0.6) is 5.75 Å². The summed E-state index contributed by atoms with van der Waals surface area (Å²) in [6, 6.07) is 10.2. The van der Waals surface area contributed by atoms with Crippen molar-refractivity contribution in [1.82, 2.24) is 0 Å². The van der Waals surface area contributed by atoms with Crippen LogP contribution in [0.3, 0.4) is 0 Å². The van der Waals surface area contributed by atoms with E-state index in [0.717, 1.165) is 16.9 Å². The Morgan fingerprint density at radius 1 is 1.11 bits per heavy atom. The lowest BCUT2D eigenvalue weighted by molar-refractivity contribution is -0.114. The summed E-state index contributed by atoms with van der Waals surface area (Å²) in [4.78, 5) is 23.2. The lowest BCUT2D eigenvalue weighted by Crippen LogP contribution is -2.10. The Morgan fingerprint density at radius 2 is 1.93 bits per heavy atom. The number of hydrogen-bond donors (Lipinski definition) is 2. The van der Waals surface area contributed by atoms with Crippen LogP contribution in [-0.2, 0) is 9.59 Å². The second-order valence-electron chi connectivity index (χ2n) is 5.89. The highest BCUT2D eigenvalue weighted by Gasteiger charge is 2.11. The summed E-state index contributed by atoms with van der Waals surface area (Å²) >= 11 is 12.1. The van der Waals surface area contributed by atoms with Crippen molar-refractivity contribution in [2.45, 2.75) is 6.92 Å². The molecule has 0 bridgehead atoms. The smallest absolute Gasteiger partial charge is 0.248 e. The number of amides is 2. The molecule has 0 fully saturated rings. The van der Waals surface area contributed by atoms with Crippen molar-refractivity contribution >= 4 is 52.5 Å². The third kappa shape index (κ3) is 5.12. The van der Waals surface area contributed by atoms with E-state index in [0.29, 0.717) is 28.0 Å². The van der Waals surface area contributed by atoms with Gasteiger partial charge >= 0.3 is 0 Å². The fraction of sp³-hybridized carbons (Fsp3) is 0.100. The number of carbonyl (C=O) groups excluding carboxylic acids is 2. The topological polar surface area (TPSA) is 67.4 Å². The molecule has 1 aliphatic rings. The van der Waals surface area contributed by atoms with Crippen molar-refractivity contribution in [2.24, 2.45) is 0 Å². The van der Waals surface area contributed by atoms with Crippen molar-refractivity contribution in [3.05, 3.63) is 69.7 Å². The molecule has 1 heterocycles. The van der Waals surface area contributed by atoms with Gasteiger partial charge in [0.2, 0.25) is 11.8 Å². The molecular weight excluding hydrogens is 387 g/mol. The lowest BCUT2D eigenvalue weighted by atomic mass is 10.1. The third-order valence-corrected chi connectivity index (χ3v) is 4.25. The second-order valence-corrected chi connectivity index (χ2v) is 6.73. The summed E-state index contributed by atoms with van der Waals surface area (Å²) in [6.07, 6.45) is 5.01. The Kier molecular flexibility index (Phi) is 5.84. The Bertz CT molecular complexity index is 968. The van der Waals surface area contributed by atoms with E-state index in [1.807, 2.05) is 12.1 Å². The maximum atomic E-state index is 12.2. The molecule has 0 spiro atoms. The number of ether oxygens (including phenoxy) is 1. The minimum atomic E-state index is -0.332. The first-order chi connectivity index (χ1) is 12.9. The van der Waals surface area contributed by atoms with Gasteiger partial charge in [-0.2, -0.15) is 0 Å². The first-order valence-electron chi connectivity index (χ1n) is 8.10. The normalized spacial score (nSPS) is 12.8. The predicted octanol–water partition coefficient (Wildman–Crippen LogP) is 4.92. The van der Waals surface area contributed by atoms with Gasteiger partial charge in [-0.25, -0.2) is 0 Å². The van der Waals surface area contributed by atoms with Crippen molar-refractivity contribution < 1.29 is 14.3 Å². The van der Waals surface area contributed by atoms with Crippen molar-refractivity contribution in [1.29, 1.82) is 0 Å². The molecule has 2 N–H and O–H groups in total. The zero-order valence-electron chi connectivity index (χ0n) is 14.4. The summed E-state index contributed by atoms with van der Waals surface area (Å²) in [5, 5.41) is 6.27. The van der Waals surface area contributed by atoms with E-state index in [4.69, 9.17) is 27.9 Å². The Hall–Kier alpha value is -2.76. The highest BCUT2D eigenvalue weighted by Crippen LogP contribution is 2.29. The van der Waals surface area contributed by atoms with Crippen LogP contribution in [0, 0.1) is 0 Å². The van der Waals surface area contributed by atoms with E-state index in [1.165, 1.54) is 13.0 Å². The summed E-state index contributed by atoms with van der Waals surface area (Å²) in [6.45, 7) is 1.77. The maximum Gasteiger partial charge on any atom is 0.248 e. The molecule has 0 unspecified atom stereocenters. The summed E-state index contributed by atoms with van der Waals surface area (Å²) in [7, 11) is 0. The number of anilines is 2. The molecule has 3 rings (SSSR count). The number of carbonyl (C=O) groups is 2. The van der Waals surface area contributed by atoms with Crippen molar-refractivity contribution in [2.75, 3.05) is 17.2 Å². The molecule has 0 aromatic heterocycles. The fourth-order valence-corrected chi connectivity index (χ4v) is 2.93. The van der Waals surface area contributed by atoms with Gasteiger partial charge in [0.1, 0.15) is 12.4 Å². The van der Waals surface area contributed by atoms with E-state index in [9.17, 15) is 9.59 Å². The summed E-state index contributed by atoms with van der Waals surface area (Å²) in [5.41, 5.74) is 2.71. The minimum Gasteiger partial charge on any atom is -0.488 e. The standard InChI is InChI=1S/C20H16Cl2N2O3/c1-12(25)23-16-4-5-18(17(22)10-16)24-20(26)7-2-13-8-14-9-15(21)3-6-19(14)27-11-13/h2-10H,11H2,1H3,(H,23,25)(H,24,26)/b7-2+. The van der Waals surface area contributed by atoms with Crippen LogP contribution in [0.25, 0.3) is 6.08 Å². The quantitative estimate of drug-likeness (QED) is 0.712. The molecule has 0 aliphatic carbocycles. The molecule has 0 atom stereocenters. The van der Waals surface area contributed by atoms with E-state index >= 15 is 0 Å². The fourth-order valence-electron chi connectivity index (χ4n) is 2.52. The van der Waals surface area contributed by atoms with Gasteiger partial charge in [-0.15, -0.1) is 0 Å². The van der Waals surface area contributed by atoms with E-state index in [-0.39, 0.29) is 11.8 Å². The molecule has 1 aliphatic heterocycles. The monoisotopic (exact) mass is 402 g/mol. The van der Waals surface area contributed by atoms with E-state index in [2.05, 4.69) is 10.6 Å². The first-order valence-corrected chi connectivity index (χ1v) is 8.85. The molecule has 5 nitrogen and oxygen atoms in total. The average Bonchev–Trinajstić information content (AvgIpc) is 2.61. The van der Waals surface area contributed by atoms with Gasteiger partial charge in [0.15, 0.2) is 0 Å². The second kappa shape index (κ2) is 8.29. The molecule has 0 radical (unpaired) electrons. The van der Waals surface area contributed by atoms with Crippen LogP contribution in [-0.4, -0.2) is 18.4 Å². The molecule has 27 heavy (non-hydrogen) atoms. The summed E-state index contributed by atoms with van der Waals surface area (Å²) < 4.78 is 5.64. The van der Waals surface area contributed by atoms with Gasteiger partial charge in [-0.3, -0.25) is 9.59 Å². The van der Waals surface area contributed by atoms with Crippen LogP contribution < -0.4 is 15.4 Å². The number of rotatable bonds is 4. The summed E-state index contributed by atoms with van der Waals surface area (Å²) in [5.74, 6) is 0.227. The Balaban J connectivity index is 1.66. The number of fused-ring (bicyclic) bond motifs is 1. The molecule has 2 aromatic rings. The van der Waals surface area contributed by atoms with Gasteiger partial charge in [-0.1, -0.05) is 29.3 Å². The van der Waals surface area contributed by atoms with Gasteiger partial charge in [-0.05, 0) is 48.0 Å². The van der Waals surface area contributed by atoms with Crippen molar-refractivity contribution in [3.63, 3.8) is 0 Å². The molecule has 2 aromatic carbocycles. The first kappa shape index (κ1) is 19.0. The zero-order chi connectivity index (χ0) is 19.4. The van der Waals surface area contributed by atoms with Crippen LogP contribution >= 0.6 is 23.2 Å². The van der Waals surface area contributed by atoms with Crippen molar-refractivity contribution in [3.8, 4) is 5.75 Å². The van der Waals surface area contributed by atoms with Gasteiger partial charge in [0.05, 0.1) is 10.7 Å².